The van der Waals surface area contributed by atoms with E-state index in [0.717, 1.165) is 13.0 Å². The molecule has 3 N–H and O–H groups in total. The lowest BCUT2D eigenvalue weighted by atomic mass is 10.1. The molecule has 0 bridgehead atoms. The van der Waals surface area contributed by atoms with Crippen molar-refractivity contribution in [1.29, 1.82) is 0 Å². The average molecular weight is 354 g/mol. The van der Waals surface area contributed by atoms with Gasteiger partial charge in [-0.25, -0.2) is 17.9 Å². The second-order valence-corrected chi connectivity index (χ2v) is 6.68. The first-order chi connectivity index (χ1) is 10.0. The number of hydrogen-bond acceptors (Lipinski definition) is 6. The van der Waals surface area contributed by atoms with E-state index in [-0.39, 0.29) is 21.4 Å². The van der Waals surface area contributed by atoms with Crippen LogP contribution < -0.4 is 14.2 Å². The summed E-state index contributed by atoms with van der Waals surface area (Å²) in [5, 5.41) is 18.2. The molecule has 22 heavy (non-hydrogen) atoms. The average Bonchev–Trinajstić information content (AvgIpc) is 2.44. The van der Waals surface area contributed by atoms with Crippen molar-refractivity contribution in [2.24, 2.45) is 0 Å². The number of rotatable bonds is 7. The van der Waals surface area contributed by atoms with E-state index in [2.05, 4.69) is 0 Å². The van der Waals surface area contributed by atoms with Gasteiger partial charge in [0.15, 0.2) is 17.1 Å². The maximum atomic E-state index is 12.2. The summed E-state index contributed by atoms with van der Waals surface area (Å²) in [5.74, 6) is -1.19. The first-order valence-electron chi connectivity index (χ1n) is 5.92. The van der Waals surface area contributed by atoms with Gasteiger partial charge in [0.1, 0.15) is 4.90 Å². The molecule has 0 heterocycles. The molecule has 0 saturated heterocycles. The Morgan fingerprint density at radius 2 is 1.82 bits per heavy atom. The summed E-state index contributed by atoms with van der Waals surface area (Å²) >= 11 is 5.90. The highest BCUT2D eigenvalue weighted by atomic mass is 35.5. The van der Waals surface area contributed by atoms with E-state index in [9.17, 15) is 18.3 Å². The Bertz CT molecular complexity index is 672. The molecule has 0 amide bonds. The molecule has 1 aromatic carbocycles. The van der Waals surface area contributed by atoms with Gasteiger partial charge in [-0.1, -0.05) is 11.6 Å². The van der Waals surface area contributed by atoms with Gasteiger partial charge in [-0.2, -0.15) is 0 Å². The molecule has 0 fully saturated rings. The van der Waals surface area contributed by atoms with Gasteiger partial charge in [-0.15, -0.1) is 0 Å². The Balaban J connectivity index is 3.16. The van der Waals surface area contributed by atoms with Gasteiger partial charge >= 0.3 is 5.97 Å². The molecule has 1 aromatic rings. The van der Waals surface area contributed by atoms with Crippen molar-refractivity contribution in [3.8, 4) is 11.5 Å². The summed E-state index contributed by atoms with van der Waals surface area (Å²) in [6.45, 7) is 0.239. The van der Waals surface area contributed by atoms with Crippen LogP contribution in [0.5, 0.6) is 11.5 Å². The fourth-order valence-electron chi connectivity index (χ4n) is 1.43. The van der Waals surface area contributed by atoms with Gasteiger partial charge in [-0.05, 0) is 6.92 Å². The minimum absolute atomic E-state index is 0.136. The Hall–Kier alpha value is -1.55. The van der Waals surface area contributed by atoms with Crippen LogP contribution in [-0.4, -0.2) is 51.0 Å². The van der Waals surface area contributed by atoms with Crippen LogP contribution in [0.2, 0.25) is 5.02 Å². The van der Waals surface area contributed by atoms with Gasteiger partial charge in [0, 0.05) is 12.1 Å². The lowest BCUT2D eigenvalue weighted by Gasteiger charge is -2.19. The Kier molecular flexibility index (Phi) is 5.63. The molecule has 10 heteroatoms. The third-order valence-electron chi connectivity index (χ3n) is 2.79. The van der Waals surface area contributed by atoms with E-state index in [0.29, 0.717) is 0 Å². The second kappa shape index (κ2) is 6.69. The molecule has 0 aliphatic carbocycles. The number of carbonyl (C=O) groups is 1. The van der Waals surface area contributed by atoms with Crippen LogP contribution in [0.1, 0.15) is 6.92 Å². The summed E-state index contributed by atoms with van der Waals surface area (Å²) in [6.07, 6.45) is 0. The second-order valence-electron chi connectivity index (χ2n) is 4.54. The van der Waals surface area contributed by atoms with Crippen molar-refractivity contribution in [2.75, 3.05) is 20.8 Å². The van der Waals surface area contributed by atoms with Gasteiger partial charge in [-0.3, -0.25) is 0 Å². The molecule has 0 spiro atoms. The van der Waals surface area contributed by atoms with Crippen LogP contribution in [0.4, 0.5) is 0 Å². The molecule has 0 saturated carbocycles. The lowest BCUT2D eigenvalue weighted by molar-refractivity contribution is -0.155. The molecule has 0 aliphatic heterocycles. The molecular weight excluding hydrogens is 338 g/mol. The van der Waals surface area contributed by atoms with Gasteiger partial charge < -0.3 is 19.7 Å². The molecular formula is C12H16ClNO7S. The van der Waals surface area contributed by atoms with Crippen molar-refractivity contribution in [3.05, 3.63) is 17.2 Å². The predicted molar refractivity (Wildman–Crippen MR) is 78.0 cm³/mol. The van der Waals surface area contributed by atoms with E-state index in [1.165, 1.54) is 20.3 Å². The van der Waals surface area contributed by atoms with E-state index in [1.54, 1.807) is 0 Å². The number of aliphatic hydroxyl groups is 1. The van der Waals surface area contributed by atoms with Crippen LogP contribution in [0.15, 0.2) is 17.0 Å². The van der Waals surface area contributed by atoms with Crippen LogP contribution in [-0.2, 0) is 14.8 Å². The molecule has 1 unspecified atom stereocenters. The number of carboxylic acids is 1. The number of benzene rings is 1. The highest BCUT2D eigenvalue weighted by Gasteiger charge is 2.32. The number of methoxy groups -OCH3 is 2. The molecule has 0 aromatic heterocycles. The lowest BCUT2D eigenvalue weighted by Crippen LogP contribution is -2.46. The topological polar surface area (TPSA) is 122 Å². The Morgan fingerprint density at radius 1 is 1.32 bits per heavy atom. The number of hydrogen-bond donors (Lipinski definition) is 3. The number of halogens is 1. The SMILES string of the molecule is COc1cc(Cl)c(S(=O)(=O)NCC(C)(O)C(=O)O)cc1OC. The van der Waals surface area contributed by atoms with Gasteiger partial charge in [0.05, 0.1) is 25.8 Å². The van der Waals surface area contributed by atoms with E-state index in [4.69, 9.17) is 26.2 Å². The Morgan fingerprint density at radius 3 is 2.27 bits per heavy atom. The van der Waals surface area contributed by atoms with Crippen molar-refractivity contribution in [2.45, 2.75) is 17.4 Å². The van der Waals surface area contributed by atoms with Crippen LogP contribution in [0.25, 0.3) is 0 Å². The number of aliphatic carboxylic acids is 1. The molecule has 0 aliphatic rings. The quantitative estimate of drug-likeness (QED) is 0.651. The highest BCUT2D eigenvalue weighted by Crippen LogP contribution is 2.35. The molecule has 1 atom stereocenters. The summed E-state index contributed by atoms with van der Waals surface area (Å²) in [4.78, 5) is 10.5. The standard InChI is InChI=1S/C12H16ClNO7S/c1-12(17,11(15)16)6-14-22(18,19)10-5-9(21-3)8(20-2)4-7(10)13/h4-5,14,17H,6H2,1-3H3,(H,15,16). The van der Waals surface area contributed by atoms with E-state index in [1.807, 2.05) is 4.72 Å². The number of ether oxygens (including phenoxy) is 2. The fraction of sp³-hybridized carbons (Fsp3) is 0.417. The van der Waals surface area contributed by atoms with Crippen molar-refractivity contribution < 1.29 is 32.9 Å². The third-order valence-corrected chi connectivity index (χ3v) is 4.66. The first kappa shape index (κ1) is 18.5. The predicted octanol–water partition coefficient (Wildman–Crippen LogP) is 0.471. The first-order valence-corrected chi connectivity index (χ1v) is 7.78. The molecule has 0 radical (unpaired) electrons. The zero-order valence-corrected chi connectivity index (χ0v) is 13.7. The van der Waals surface area contributed by atoms with Gasteiger partial charge in [0.2, 0.25) is 10.0 Å². The van der Waals surface area contributed by atoms with Crippen molar-refractivity contribution in [3.63, 3.8) is 0 Å². The van der Waals surface area contributed by atoms with Gasteiger partial charge in [0.25, 0.3) is 0 Å². The highest BCUT2D eigenvalue weighted by molar-refractivity contribution is 7.89. The summed E-state index contributed by atoms with van der Waals surface area (Å²) < 4.78 is 36.4. The zero-order valence-electron chi connectivity index (χ0n) is 12.1. The maximum absolute atomic E-state index is 12.2. The Labute approximate surface area is 132 Å². The molecule has 8 nitrogen and oxygen atoms in total. The van der Waals surface area contributed by atoms with E-state index < -0.39 is 28.1 Å². The fourth-order valence-corrected chi connectivity index (χ4v) is 3.09. The minimum Gasteiger partial charge on any atom is -0.493 e. The smallest absolute Gasteiger partial charge is 0.336 e. The monoisotopic (exact) mass is 353 g/mol. The number of sulfonamides is 1. The third kappa shape index (κ3) is 4.01. The summed E-state index contributed by atoms with van der Waals surface area (Å²) in [6, 6.07) is 2.39. The van der Waals surface area contributed by atoms with E-state index >= 15 is 0 Å². The normalized spacial score (nSPS) is 14.2. The largest absolute Gasteiger partial charge is 0.493 e. The van der Waals surface area contributed by atoms with Crippen LogP contribution in [0, 0.1) is 0 Å². The summed E-state index contributed by atoms with van der Waals surface area (Å²) in [7, 11) is -1.47. The number of carboxylic acid groups (broad SMARTS) is 1. The minimum atomic E-state index is -4.16. The van der Waals surface area contributed by atoms with Crippen LogP contribution in [0.3, 0.4) is 0 Å². The molecule has 124 valence electrons. The maximum Gasteiger partial charge on any atom is 0.336 e. The van der Waals surface area contributed by atoms with Crippen LogP contribution >= 0.6 is 11.6 Å². The van der Waals surface area contributed by atoms with Crippen molar-refractivity contribution >= 4 is 27.6 Å². The zero-order chi connectivity index (χ0) is 17.1. The molecule has 1 rings (SSSR count). The number of nitrogens with one attached hydrogen (secondary N) is 1. The van der Waals surface area contributed by atoms with Crippen molar-refractivity contribution in [1.82, 2.24) is 4.72 Å². The summed E-state index contributed by atoms with van der Waals surface area (Å²) in [5.41, 5.74) is -2.25.